The summed E-state index contributed by atoms with van der Waals surface area (Å²) in [5.74, 6) is -0.265. The molecule has 2 amide bonds. The quantitative estimate of drug-likeness (QED) is 0.909. The molecular formula is C18H25N3O2S. The number of likely N-dealkylation sites (tertiary alicyclic amines) is 1. The fraction of sp³-hybridized carbons (Fsp3) is 0.556. The lowest BCUT2D eigenvalue weighted by Crippen LogP contribution is -2.47. The molecule has 3 rings (SSSR count). The van der Waals surface area contributed by atoms with E-state index < -0.39 is 0 Å². The van der Waals surface area contributed by atoms with Crippen LogP contribution in [0.25, 0.3) is 0 Å². The van der Waals surface area contributed by atoms with Crippen LogP contribution in [0.5, 0.6) is 0 Å². The van der Waals surface area contributed by atoms with Crippen molar-refractivity contribution in [2.24, 2.45) is 11.7 Å². The maximum absolute atomic E-state index is 12.9. The summed E-state index contributed by atoms with van der Waals surface area (Å²) in [4.78, 5) is 29.5. The average molecular weight is 347 g/mol. The zero-order valence-electron chi connectivity index (χ0n) is 14.1. The molecule has 0 unspecified atom stereocenters. The first-order chi connectivity index (χ1) is 11.5. The standard InChI is InChI=1S/C18H25N3O2S/c1-13-8-10-21(15-6-2-3-7-16(15)24-13)17(22)12-20-9-4-5-14(11-20)18(19)23/h2-3,6-7,13-14H,4-5,8-12H2,1H3,(H2,19,23)/t13-,14+/m1/s1. The summed E-state index contributed by atoms with van der Waals surface area (Å²) in [6, 6.07) is 8.13. The highest BCUT2D eigenvalue weighted by Crippen LogP contribution is 2.37. The van der Waals surface area contributed by atoms with Crippen LogP contribution in [0.4, 0.5) is 5.69 Å². The zero-order chi connectivity index (χ0) is 17.1. The lowest BCUT2D eigenvalue weighted by molar-refractivity contribution is -0.125. The van der Waals surface area contributed by atoms with Gasteiger partial charge in [-0.15, -0.1) is 11.8 Å². The van der Waals surface area contributed by atoms with Crippen molar-refractivity contribution >= 4 is 29.3 Å². The number of thioether (sulfide) groups is 1. The molecule has 0 saturated carbocycles. The van der Waals surface area contributed by atoms with Crippen LogP contribution >= 0.6 is 11.8 Å². The summed E-state index contributed by atoms with van der Waals surface area (Å²) in [5.41, 5.74) is 6.45. The van der Waals surface area contributed by atoms with Gasteiger partial charge in [0, 0.05) is 23.2 Å². The summed E-state index contributed by atoms with van der Waals surface area (Å²) < 4.78 is 0. The number of carbonyl (C=O) groups is 2. The van der Waals surface area contributed by atoms with Gasteiger partial charge >= 0.3 is 0 Å². The molecule has 1 saturated heterocycles. The second-order valence-corrected chi connectivity index (χ2v) is 8.19. The minimum atomic E-state index is -0.252. The number of piperidine rings is 1. The van der Waals surface area contributed by atoms with E-state index in [1.807, 2.05) is 34.9 Å². The van der Waals surface area contributed by atoms with Crippen molar-refractivity contribution < 1.29 is 9.59 Å². The van der Waals surface area contributed by atoms with E-state index in [0.29, 0.717) is 18.3 Å². The van der Waals surface area contributed by atoms with Crippen molar-refractivity contribution in [3.05, 3.63) is 24.3 Å². The predicted octanol–water partition coefficient (Wildman–Crippen LogP) is 2.10. The molecule has 0 bridgehead atoms. The van der Waals surface area contributed by atoms with Gasteiger partial charge in [-0.25, -0.2) is 0 Å². The van der Waals surface area contributed by atoms with E-state index in [4.69, 9.17) is 5.73 Å². The van der Waals surface area contributed by atoms with Gasteiger partial charge in [0.1, 0.15) is 0 Å². The van der Waals surface area contributed by atoms with E-state index in [9.17, 15) is 9.59 Å². The molecule has 2 aliphatic heterocycles. The second kappa shape index (κ2) is 7.57. The SMILES string of the molecule is C[C@@H]1CCN(C(=O)CN2CCC[C@H](C(N)=O)C2)c2ccccc2S1. The highest BCUT2D eigenvalue weighted by molar-refractivity contribution is 8.00. The maximum Gasteiger partial charge on any atom is 0.241 e. The number of nitrogens with zero attached hydrogens (tertiary/aromatic N) is 2. The molecule has 24 heavy (non-hydrogen) atoms. The van der Waals surface area contributed by atoms with Crippen LogP contribution in [0.15, 0.2) is 29.2 Å². The Balaban J connectivity index is 1.71. The zero-order valence-corrected chi connectivity index (χ0v) is 14.9. The summed E-state index contributed by atoms with van der Waals surface area (Å²) >= 11 is 1.84. The topological polar surface area (TPSA) is 66.6 Å². The molecule has 2 heterocycles. The number of amides is 2. The first-order valence-corrected chi connectivity index (χ1v) is 9.50. The number of nitrogens with two attached hydrogens (primary N) is 1. The van der Waals surface area contributed by atoms with E-state index >= 15 is 0 Å². The highest BCUT2D eigenvalue weighted by Gasteiger charge is 2.29. The number of rotatable bonds is 3. The van der Waals surface area contributed by atoms with Gasteiger partial charge in [-0.3, -0.25) is 14.5 Å². The molecule has 0 spiro atoms. The smallest absolute Gasteiger partial charge is 0.241 e. The molecule has 6 heteroatoms. The Morgan fingerprint density at radius 3 is 2.83 bits per heavy atom. The van der Waals surface area contributed by atoms with Crippen molar-refractivity contribution in [3.8, 4) is 0 Å². The largest absolute Gasteiger partial charge is 0.369 e. The number of hydrogen-bond acceptors (Lipinski definition) is 4. The molecule has 5 nitrogen and oxygen atoms in total. The molecule has 0 aliphatic carbocycles. The minimum absolute atomic E-state index is 0.113. The van der Waals surface area contributed by atoms with Crippen molar-refractivity contribution in [1.29, 1.82) is 0 Å². The number of fused-ring (bicyclic) bond motifs is 1. The molecule has 2 atom stereocenters. The van der Waals surface area contributed by atoms with Gasteiger partial charge < -0.3 is 10.6 Å². The molecule has 1 aromatic carbocycles. The van der Waals surface area contributed by atoms with Crippen LogP contribution in [0.3, 0.4) is 0 Å². The van der Waals surface area contributed by atoms with Gasteiger partial charge in [-0.1, -0.05) is 19.1 Å². The summed E-state index contributed by atoms with van der Waals surface area (Å²) in [6.45, 7) is 4.77. The van der Waals surface area contributed by atoms with Crippen molar-refractivity contribution in [2.75, 3.05) is 31.1 Å². The van der Waals surface area contributed by atoms with Crippen LogP contribution in [-0.2, 0) is 9.59 Å². The summed E-state index contributed by atoms with van der Waals surface area (Å²) in [7, 11) is 0. The van der Waals surface area contributed by atoms with Crippen LogP contribution < -0.4 is 10.6 Å². The first-order valence-electron chi connectivity index (χ1n) is 8.62. The van der Waals surface area contributed by atoms with E-state index in [0.717, 1.165) is 38.0 Å². The maximum atomic E-state index is 12.9. The van der Waals surface area contributed by atoms with E-state index in [1.165, 1.54) is 4.90 Å². The Kier molecular flexibility index (Phi) is 5.46. The lowest BCUT2D eigenvalue weighted by atomic mass is 9.97. The molecule has 1 aromatic rings. The van der Waals surface area contributed by atoms with Gasteiger partial charge in [-0.2, -0.15) is 0 Å². The summed E-state index contributed by atoms with van der Waals surface area (Å²) in [6.07, 6.45) is 2.74. The number of primary amides is 1. The van der Waals surface area contributed by atoms with Crippen molar-refractivity contribution in [2.45, 2.75) is 36.3 Å². The Hall–Kier alpha value is -1.53. The van der Waals surface area contributed by atoms with E-state index in [-0.39, 0.29) is 17.7 Å². The first kappa shape index (κ1) is 17.3. The molecular weight excluding hydrogens is 322 g/mol. The Morgan fingerprint density at radius 1 is 1.25 bits per heavy atom. The second-order valence-electron chi connectivity index (χ2n) is 6.71. The Bertz CT molecular complexity index is 622. The van der Waals surface area contributed by atoms with Crippen molar-refractivity contribution in [3.63, 3.8) is 0 Å². The third kappa shape index (κ3) is 3.92. The fourth-order valence-corrected chi connectivity index (χ4v) is 4.57. The Labute approximate surface area is 147 Å². The molecule has 1 fully saturated rings. The molecule has 0 aromatic heterocycles. The fourth-order valence-electron chi connectivity index (χ4n) is 3.45. The molecule has 0 radical (unpaired) electrons. The molecule has 2 aliphatic rings. The predicted molar refractivity (Wildman–Crippen MR) is 97.1 cm³/mol. The van der Waals surface area contributed by atoms with E-state index in [2.05, 4.69) is 17.9 Å². The molecule has 2 N–H and O–H groups in total. The van der Waals surface area contributed by atoms with Crippen LogP contribution in [-0.4, -0.2) is 48.1 Å². The average Bonchev–Trinajstić information content (AvgIpc) is 2.73. The normalized spacial score (nSPS) is 25.0. The summed E-state index contributed by atoms with van der Waals surface area (Å²) in [5, 5.41) is 0.498. The third-order valence-electron chi connectivity index (χ3n) is 4.81. The third-order valence-corrected chi connectivity index (χ3v) is 6.05. The number of para-hydroxylation sites is 1. The number of hydrogen-bond donors (Lipinski definition) is 1. The highest BCUT2D eigenvalue weighted by atomic mass is 32.2. The number of benzene rings is 1. The van der Waals surface area contributed by atoms with Gasteiger partial charge in [-0.05, 0) is 37.9 Å². The van der Waals surface area contributed by atoms with Crippen LogP contribution in [0.2, 0.25) is 0 Å². The minimum Gasteiger partial charge on any atom is -0.369 e. The van der Waals surface area contributed by atoms with Crippen LogP contribution in [0.1, 0.15) is 26.2 Å². The molecule has 130 valence electrons. The van der Waals surface area contributed by atoms with Gasteiger partial charge in [0.05, 0.1) is 18.2 Å². The monoisotopic (exact) mass is 347 g/mol. The van der Waals surface area contributed by atoms with Gasteiger partial charge in [0.2, 0.25) is 11.8 Å². The van der Waals surface area contributed by atoms with Gasteiger partial charge in [0.15, 0.2) is 0 Å². The van der Waals surface area contributed by atoms with Crippen LogP contribution in [0, 0.1) is 5.92 Å². The van der Waals surface area contributed by atoms with E-state index in [1.54, 1.807) is 0 Å². The lowest BCUT2D eigenvalue weighted by Gasteiger charge is -2.32. The number of carbonyl (C=O) groups excluding carboxylic acids is 2. The van der Waals surface area contributed by atoms with Gasteiger partial charge in [0.25, 0.3) is 0 Å². The Morgan fingerprint density at radius 2 is 2.04 bits per heavy atom. The number of anilines is 1. The van der Waals surface area contributed by atoms with Crippen molar-refractivity contribution in [1.82, 2.24) is 4.90 Å².